The van der Waals surface area contributed by atoms with Gasteiger partial charge in [-0.1, -0.05) is 20.3 Å². The second-order valence-electron chi connectivity index (χ2n) is 13.0. The van der Waals surface area contributed by atoms with Crippen LogP contribution in [-0.4, -0.2) is 87.6 Å². The van der Waals surface area contributed by atoms with Gasteiger partial charge in [0.05, 0.1) is 46.2 Å². The van der Waals surface area contributed by atoms with E-state index in [1.165, 1.54) is 17.0 Å². The molecule has 7 nitrogen and oxygen atoms in total. The van der Waals surface area contributed by atoms with Crippen molar-refractivity contribution in [2.24, 2.45) is 23.7 Å². The number of aromatic nitrogens is 2. The summed E-state index contributed by atoms with van der Waals surface area (Å²) in [6.07, 6.45) is 3.56. The van der Waals surface area contributed by atoms with Crippen molar-refractivity contribution in [3.8, 4) is 0 Å². The third kappa shape index (κ3) is 5.97. The van der Waals surface area contributed by atoms with Gasteiger partial charge in [0.1, 0.15) is 0 Å². The number of pyridine rings is 1. The van der Waals surface area contributed by atoms with Gasteiger partial charge < -0.3 is 15.0 Å². The molecule has 2 aliphatic heterocycles. The molecule has 5 atom stereocenters. The highest BCUT2D eigenvalue weighted by molar-refractivity contribution is 6.39. The molecular weight excluding hydrogens is 541 g/mol. The zero-order valence-corrected chi connectivity index (χ0v) is 25.4. The maximum absolute atomic E-state index is 14.5. The van der Waals surface area contributed by atoms with Crippen LogP contribution in [0.25, 0.3) is 5.52 Å². The molecule has 3 aliphatic rings. The molecular formula is C30H44B2F3N5O2. The predicted octanol–water partition coefficient (Wildman–Crippen LogP) is 3.79. The standard InChI is InChI=1S/C30H44B2F3N5O2/c1-5-37(4)27(36-3)26(21-17-42-18-21)20-9-6-10-23(12-20)39-16-25-24(30(33,34)35)13-22(15-40(25)28(39)41)29(31,32)38-11-7-8-19(2)14-38/h13,15-16,19-21,23,26-27,36H,5-12,14,17-18H2,1-4H3/t19-,20?,23?,26?,27?/m0/s1. The first-order valence-corrected chi connectivity index (χ1v) is 15.5. The number of halogens is 3. The van der Waals surface area contributed by atoms with E-state index in [-0.39, 0.29) is 23.3 Å². The van der Waals surface area contributed by atoms with E-state index in [2.05, 4.69) is 31.1 Å². The molecule has 5 rings (SSSR count). The highest BCUT2D eigenvalue weighted by Gasteiger charge is 2.43. The first kappa shape index (κ1) is 31.7. The molecule has 0 aromatic carbocycles. The topological polar surface area (TPSA) is 54.1 Å². The number of nitrogens with one attached hydrogen (secondary N) is 1. The van der Waals surface area contributed by atoms with Crippen LogP contribution in [0.3, 0.4) is 0 Å². The zero-order chi connectivity index (χ0) is 30.4. The first-order valence-electron chi connectivity index (χ1n) is 15.5. The van der Waals surface area contributed by atoms with Crippen LogP contribution in [0, 0.1) is 23.7 Å². The summed E-state index contributed by atoms with van der Waals surface area (Å²) in [5, 5.41) is 1.87. The molecule has 4 unspecified atom stereocenters. The summed E-state index contributed by atoms with van der Waals surface area (Å²) in [6, 6.07) is 0.837. The van der Waals surface area contributed by atoms with Gasteiger partial charge >= 0.3 is 11.9 Å². The molecule has 0 bridgehead atoms. The molecule has 1 aliphatic carbocycles. The van der Waals surface area contributed by atoms with Gasteiger partial charge in [0.2, 0.25) is 0 Å². The van der Waals surface area contributed by atoms with E-state index in [1.54, 1.807) is 0 Å². The minimum atomic E-state index is -4.68. The molecule has 2 saturated heterocycles. The van der Waals surface area contributed by atoms with E-state index in [9.17, 15) is 18.0 Å². The van der Waals surface area contributed by atoms with Crippen LogP contribution >= 0.6 is 0 Å². The van der Waals surface area contributed by atoms with Gasteiger partial charge in [0, 0.05) is 30.9 Å². The van der Waals surface area contributed by atoms with Crippen LogP contribution in [0.1, 0.15) is 69.5 Å². The highest BCUT2D eigenvalue weighted by atomic mass is 19.4. The Hall–Kier alpha value is -1.75. The van der Waals surface area contributed by atoms with Crippen molar-refractivity contribution in [1.29, 1.82) is 0 Å². The average Bonchev–Trinajstić information content (AvgIpc) is 3.26. The van der Waals surface area contributed by atoms with Crippen molar-refractivity contribution in [2.45, 2.75) is 76.1 Å². The van der Waals surface area contributed by atoms with Crippen molar-refractivity contribution in [1.82, 2.24) is 24.1 Å². The molecule has 228 valence electrons. The molecule has 2 aromatic heterocycles. The Balaban J connectivity index is 1.52. The smallest absolute Gasteiger partial charge is 0.381 e. The maximum Gasteiger partial charge on any atom is 0.418 e. The highest BCUT2D eigenvalue weighted by Crippen LogP contribution is 2.43. The first-order chi connectivity index (χ1) is 19.9. The van der Waals surface area contributed by atoms with Crippen molar-refractivity contribution in [3.05, 3.63) is 40.1 Å². The molecule has 4 heterocycles. The lowest BCUT2D eigenvalue weighted by Crippen LogP contribution is -2.55. The summed E-state index contributed by atoms with van der Waals surface area (Å²) in [4.78, 5) is 18.0. The number of fused-ring (bicyclic) bond motifs is 1. The van der Waals surface area contributed by atoms with Crippen LogP contribution < -0.4 is 11.0 Å². The molecule has 4 radical (unpaired) electrons. The van der Waals surface area contributed by atoms with Crippen molar-refractivity contribution >= 4 is 21.2 Å². The fourth-order valence-corrected chi connectivity index (χ4v) is 7.71. The van der Waals surface area contributed by atoms with Gasteiger partial charge in [-0.3, -0.25) is 13.9 Å². The minimum absolute atomic E-state index is 0.0855. The van der Waals surface area contributed by atoms with E-state index in [0.717, 1.165) is 55.5 Å². The number of hydrogen-bond acceptors (Lipinski definition) is 5. The summed E-state index contributed by atoms with van der Waals surface area (Å²) >= 11 is 0. The Bertz CT molecular complexity index is 1290. The lowest BCUT2D eigenvalue weighted by atomic mass is 9.56. The summed E-state index contributed by atoms with van der Waals surface area (Å²) < 4.78 is 51.6. The largest absolute Gasteiger partial charge is 0.418 e. The third-order valence-corrected chi connectivity index (χ3v) is 10.2. The number of ether oxygens (including phenoxy) is 1. The number of hydrogen-bond donors (Lipinski definition) is 1. The van der Waals surface area contributed by atoms with Gasteiger partial charge in [-0.05, 0) is 94.0 Å². The maximum atomic E-state index is 14.5. The average molecular weight is 585 g/mol. The van der Waals surface area contributed by atoms with Crippen LogP contribution in [0.5, 0.6) is 0 Å². The molecule has 42 heavy (non-hydrogen) atoms. The predicted molar refractivity (Wildman–Crippen MR) is 160 cm³/mol. The summed E-state index contributed by atoms with van der Waals surface area (Å²) in [6.45, 7) is 7.69. The Morgan fingerprint density at radius 1 is 1.14 bits per heavy atom. The SMILES string of the molecule is [B]C([B])(c1cc(C(F)(F)F)c2cn(C3CCCC(C(C4COC4)C(NC)N(C)CC)C3)c(=O)n2c1)N1CCC[C@H](C)C1. The normalized spacial score (nSPS) is 26.4. The summed E-state index contributed by atoms with van der Waals surface area (Å²) in [5.41, 5.74) is -1.45. The molecule has 0 amide bonds. The Morgan fingerprint density at radius 2 is 1.88 bits per heavy atom. The van der Waals surface area contributed by atoms with E-state index >= 15 is 0 Å². The molecule has 1 saturated carbocycles. The van der Waals surface area contributed by atoms with Gasteiger partial charge in [0.25, 0.3) is 0 Å². The second-order valence-corrected chi connectivity index (χ2v) is 13.0. The fraction of sp³-hybridized carbons (Fsp3) is 0.767. The summed E-state index contributed by atoms with van der Waals surface area (Å²) in [5.74, 6) is 1.35. The van der Waals surface area contributed by atoms with E-state index in [4.69, 9.17) is 20.4 Å². The molecule has 3 fully saturated rings. The fourth-order valence-electron chi connectivity index (χ4n) is 7.71. The number of rotatable bonds is 9. The quantitative estimate of drug-likeness (QED) is 0.359. The Kier molecular flexibility index (Phi) is 9.30. The lowest BCUT2D eigenvalue weighted by molar-refractivity contribution is -0.136. The van der Waals surface area contributed by atoms with Crippen LogP contribution in [0.2, 0.25) is 0 Å². The van der Waals surface area contributed by atoms with Gasteiger partial charge in [-0.15, -0.1) is 0 Å². The van der Waals surface area contributed by atoms with Gasteiger partial charge in [-0.25, -0.2) is 4.79 Å². The van der Waals surface area contributed by atoms with Crippen molar-refractivity contribution < 1.29 is 17.9 Å². The van der Waals surface area contributed by atoms with Crippen LogP contribution in [0.15, 0.2) is 23.3 Å². The Labute approximate surface area is 250 Å². The molecule has 12 heteroatoms. The minimum Gasteiger partial charge on any atom is -0.381 e. The van der Waals surface area contributed by atoms with Gasteiger partial charge in [-0.2, -0.15) is 13.2 Å². The lowest BCUT2D eigenvalue weighted by Gasteiger charge is -2.47. The van der Waals surface area contributed by atoms with Crippen molar-refractivity contribution in [2.75, 3.05) is 46.9 Å². The summed E-state index contributed by atoms with van der Waals surface area (Å²) in [7, 11) is 17.2. The molecule has 1 N–H and O–H groups in total. The molecule has 2 aromatic rings. The van der Waals surface area contributed by atoms with E-state index in [0.29, 0.717) is 50.0 Å². The zero-order valence-electron chi connectivity index (χ0n) is 25.4. The number of imidazole rings is 1. The van der Waals surface area contributed by atoms with Crippen molar-refractivity contribution in [3.63, 3.8) is 0 Å². The Morgan fingerprint density at radius 3 is 2.48 bits per heavy atom. The number of piperidine rings is 1. The number of likely N-dealkylation sites (tertiary alicyclic amines) is 1. The van der Waals surface area contributed by atoms with E-state index in [1.807, 2.05) is 11.9 Å². The monoisotopic (exact) mass is 585 g/mol. The molecule has 0 spiro atoms. The van der Waals surface area contributed by atoms with Crippen LogP contribution in [-0.2, 0) is 16.3 Å². The third-order valence-electron chi connectivity index (χ3n) is 10.2. The van der Waals surface area contributed by atoms with Gasteiger partial charge in [0.15, 0.2) is 0 Å². The second kappa shape index (κ2) is 12.3. The van der Waals surface area contributed by atoms with E-state index < -0.39 is 22.8 Å². The number of nitrogens with zero attached hydrogens (tertiary/aromatic N) is 4. The van der Waals surface area contributed by atoms with Crippen LogP contribution in [0.4, 0.5) is 13.2 Å². The number of alkyl halides is 3.